The molecule has 0 bridgehead atoms. The predicted molar refractivity (Wildman–Crippen MR) is 72.0 cm³/mol. The van der Waals surface area contributed by atoms with Crippen molar-refractivity contribution in [2.45, 2.75) is 45.4 Å². The van der Waals surface area contributed by atoms with E-state index < -0.39 is 13.2 Å². The smallest absolute Gasteiger partial charge is 0.389 e. The lowest BCUT2D eigenvalue weighted by molar-refractivity contribution is -0.389. The van der Waals surface area contributed by atoms with Crippen molar-refractivity contribution in [3.8, 4) is 0 Å². The first-order valence-corrected chi connectivity index (χ1v) is 8.86. The van der Waals surface area contributed by atoms with Crippen LogP contribution in [0.2, 0.25) is 18.1 Å². The molecular weight excluding hydrogens is 250 g/mol. The first kappa shape index (κ1) is 14.8. The van der Waals surface area contributed by atoms with Gasteiger partial charge in [0.15, 0.2) is 8.32 Å². The van der Waals surface area contributed by atoms with Crippen LogP contribution in [0.1, 0.15) is 20.8 Å². The topological polar surface area (TPSA) is 70.2 Å². The summed E-state index contributed by atoms with van der Waals surface area (Å²) in [5, 5.41) is 14.5. The van der Waals surface area contributed by atoms with Gasteiger partial charge in [-0.1, -0.05) is 20.8 Å². The number of rotatable bonds is 5. The van der Waals surface area contributed by atoms with Gasteiger partial charge in [-0.25, -0.2) is 0 Å². The van der Waals surface area contributed by atoms with Gasteiger partial charge in [-0.15, -0.1) is 0 Å². The van der Waals surface area contributed by atoms with Crippen molar-refractivity contribution >= 4 is 14.1 Å². The van der Waals surface area contributed by atoms with E-state index in [1.54, 1.807) is 10.9 Å². The van der Waals surface area contributed by atoms with E-state index in [1.165, 1.54) is 6.07 Å². The van der Waals surface area contributed by atoms with E-state index in [0.717, 1.165) is 0 Å². The maximum absolute atomic E-state index is 10.5. The largest absolute Gasteiger partial charge is 0.415 e. The molecule has 0 atom stereocenters. The van der Waals surface area contributed by atoms with Gasteiger partial charge in [-0.2, -0.15) is 4.68 Å². The fourth-order valence-electron chi connectivity index (χ4n) is 1.18. The Bertz CT molecular complexity index is 423. The second-order valence-electron chi connectivity index (χ2n) is 5.80. The van der Waals surface area contributed by atoms with Gasteiger partial charge in [0.25, 0.3) is 0 Å². The van der Waals surface area contributed by atoms with Crippen LogP contribution in [-0.4, -0.2) is 29.6 Å². The fraction of sp³-hybridized carbons (Fsp3) is 0.727. The van der Waals surface area contributed by atoms with Gasteiger partial charge in [0.1, 0.15) is 0 Å². The Morgan fingerprint density at radius 1 is 1.50 bits per heavy atom. The van der Waals surface area contributed by atoms with Crippen LogP contribution in [0.25, 0.3) is 0 Å². The second-order valence-corrected chi connectivity index (χ2v) is 10.6. The van der Waals surface area contributed by atoms with Crippen molar-refractivity contribution in [2.75, 3.05) is 6.61 Å². The molecule has 1 heterocycles. The summed E-state index contributed by atoms with van der Waals surface area (Å²) in [5.41, 5.74) is 0. The van der Waals surface area contributed by atoms with Crippen LogP contribution in [0.15, 0.2) is 12.3 Å². The van der Waals surface area contributed by atoms with Crippen molar-refractivity contribution in [1.29, 1.82) is 0 Å². The lowest BCUT2D eigenvalue weighted by Crippen LogP contribution is -2.41. The molecule has 0 aliphatic carbocycles. The van der Waals surface area contributed by atoms with Gasteiger partial charge in [0.05, 0.1) is 30.5 Å². The van der Waals surface area contributed by atoms with Crippen LogP contribution >= 0.6 is 0 Å². The maximum Gasteiger partial charge on any atom is 0.389 e. The Labute approximate surface area is 108 Å². The molecule has 0 saturated carbocycles. The molecular formula is C11H21N3O3Si. The van der Waals surface area contributed by atoms with Crippen LogP contribution in [0.4, 0.5) is 5.82 Å². The fourth-order valence-corrected chi connectivity index (χ4v) is 2.22. The summed E-state index contributed by atoms with van der Waals surface area (Å²) in [7, 11) is -1.75. The standard InChI is InChI=1S/C11H21N3O3Si/c1-11(2,3)18(4,5)17-9-8-13-7-6-10(12-13)14(15)16/h6-7H,8-9H2,1-5H3. The molecule has 0 aromatic carbocycles. The summed E-state index contributed by atoms with van der Waals surface area (Å²) in [4.78, 5) is 9.99. The van der Waals surface area contributed by atoms with E-state index in [9.17, 15) is 10.1 Å². The number of hydrogen-bond acceptors (Lipinski definition) is 4. The summed E-state index contributed by atoms with van der Waals surface area (Å²) < 4.78 is 7.52. The molecule has 0 N–H and O–H groups in total. The molecule has 0 unspecified atom stereocenters. The van der Waals surface area contributed by atoms with E-state index in [1.807, 2.05) is 0 Å². The zero-order valence-electron chi connectivity index (χ0n) is 11.6. The summed E-state index contributed by atoms with van der Waals surface area (Å²) in [6, 6.07) is 1.40. The summed E-state index contributed by atoms with van der Waals surface area (Å²) in [6.45, 7) is 12.0. The van der Waals surface area contributed by atoms with Gasteiger partial charge in [0, 0.05) is 0 Å². The molecule has 0 amide bonds. The molecule has 1 rings (SSSR count). The van der Waals surface area contributed by atoms with Gasteiger partial charge in [-0.05, 0) is 23.1 Å². The lowest BCUT2D eigenvalue weighted by Gasteiger charge is -2.36. The molecule has 0 aliphatic rings. The Kier molecular flexibility index (Phi) is 4.28. The summed E-state index contributed by atoms with van der Waals surface area (Å²) in [5.74, 6) is -0.123. The van der Waals surface area contributed by atoms with E-state index in [-0.39, 0.29) is 10.9 Å². The molecule has 0 aliphatic heterocycles. The van der Waals surface area contributed by atoms with Crippen molar-refractivity contribution < 1.29 is 9.35 Å². The Morgan fingerprint density at radius 3 is 2.56 bits per heavy atom. The molecule has 0 saturated heterocycles. The molecule has 7 heteroatoms. The molecule has 1 aromatic heterocycles. The molecule has 6 nitrogen and oxygen atoms in total. The van der Waals surface area contributed by atoms with Gasteiger partial charge in [-0.3, -0.25) is 0 Å². The van der Waals surface area contributed by atoms with E-state index in [4.69, 9.17) is 4.43 Å². The third-order valence-electron chi connectivity index (χ3n) is 3.40. The van der Waals surface area contributed by atoms with Crippen LogP contribution in [0.5, 0.6) is 0 Å². The minimum atomic E-state index is -1.75. The van der Waals surface area contributed by atoms with Crippen molar-refractivity contribution in [1.82, 2.24) is 9.78 Å². The van der Waals surface area contributed by atoms with Gasteiger partial charge in [0.2, 0.25) is 0 Å². The zero-order valence-corrected chi connectivity index (χ0v) is 12.6. The first-order valence-electron chi connectivity index (χ1n) is 5.95. The number of nitro groups is 1. The summed E-state index contributed by atoms with van der Waals surface area (Å²) >= 11 is 0. The number of aromatic nitrogens is 2. The summed E-state index contributed by atoms with van der Waals surface area (Å²) in [6.07, 6.45) is 1.60. The normalized spacial score (nSPS) is 12.7. The highest BCUT2D eigenvalue weighted by molar-refractivity contribution is 6.74. The van der Waals surface area contributed by atoms with Gasteiger partial charge < -0.3 is 14.5 Å². The van der Waals surface area contributed by atoms with Crippen molar-refractivity contribution in [2.24, 2.45) is 0 Å². The average molecular weight is 271 g/mol. The Morgan fingerprint density at radius 2 is 2.11 bits per heavy atom. The quantitative estimate of drug-likeness (QED) is 0.469. The van der Waals surface area contributed by atoms with Crippen LogP contribution in [0.3, 0.4) is 0 Å². The Balaban J connectivity index is 2.49. The Hall–Kier alpha value is -1.21. The lowest BCUT2D eigenvalue weighted by atomic mass is 10.2. The molecule has 1 aromatic rings. The first-order chi connectivity index (χ1) is 8.13. The zero-order chi connectivity index (χ0) is 14.0. The van der Waals surface area contributed by atoms with Crippen LogP contribution in [-0.2, 0) is 11.0 Å². The van der Waals surface area contributed by atoms with E-state index in [2.05, 4.69) is 39.0 Å². The average Bonchev–Trinajstić information content (AvgIpc) is 2.64. The molecule has 0 radical (unpaired) electrons. The maximum atomic E-state index is 10.5. The van der Waals surface area contributed by atoms with Gasteiger partial charge >= 0.3 is 5.82 Å². The SMILES string of the molecule is CC(C)(C)[Si](C)(C)OCCn1ccc([N+](=O)[O-])n1. The monoisotopic (exact) mass is 271 g/mol. The van der Waals surface area contributed by atoms with E-state index in [0.29, 0.717) is 13.2 Å². The van der Waals surface area contributed by atoms with Crippen molar-refractivity contribution in [3.05, 3.63) is 22.4 Å². The molecule has 18 heavy (non-hydrogen) atoms. The van der Waals surface area contributed by atoms with Crippen molar-refractivity contribution in [3.63, 3.8) is 0 Å². The number of hydrogen-bond donors (Lipinski definition) is 0. The van der Waals surface area contributed by atoms with Crippen LogP contribution in [0, 0.1) is 10.1 Å². The minimum Gasteiger partial charge on any atom is -0.415 e. The predicted octanol–water partition coefficient (Wildman–Crippen LogP) is 2.81. The molecule has 0 spiro atoms. The van der Waals surface area contributed by atoms with E-state index >= 15 is 0 Å². The highest BCUT2D eigenvalue weighted by Crippen LogP contribution is 2.36. The number of nitrogens with zero attached hydrogens (tertiary/aromatic N) is 3. The molecule has 0 fully saturated rings. The third kappa shape index (κ3) is 3.64. The minimum absolute atomic E-state index is 0.123. The third-order valence-corrected chi connectivity index (χ3v) is 7.94. The van der Waals surface area contributed by atoms with Crippen LogP contribution < -0.4 is 0 Å². The highest BCUT2D eigenvalue weighted by Gasteiger charge is 2.36. The second kappa shape index (κ2) is 5.19. The highest BCUT2D eigenvalue weighted by atomic mass is 28.4. The molecule has 102 valence electrons.